The number of nitrogens with one attached hydrogen (secondary N) is 1. The minimum Gasteiger partial charge on any atom is -0.239 e. The summed E-state index contributed by atoms with van der Waals surface area (Å²) in [6.45, 7) is 0. The van der Waals surface area contributed by atoms with Gasteiger partial charge in [0.1, 0.15) is 10.9 Å². The number of aromatic nitrogens is 6. The minimum atomic E-state index is -3.97. The van der Waals surface area contributed by atoms with Crippen LogP contribution in [0, 0.1) is 0 Å². The Labute approximate surface area is 194 Å². The molecule has 164 valence electrons. The number of tetrazole rings is 1. The van der Waals surface area contributed by atoms with E-state index in [1.165, 1.54) is 11.6 Å². The van der Waals surface area contributed by atoms with Crippen molar-refractivity contribution in [1.82, 2.24) is 29.8 Å². The van der Waals surface area contributed by atoms with Crippen LogP contribution in [0.4, 0.5) is 0 Å². The number of nitrogens with zero attached hydrogens (tertiary/aromatic N) is 5. The van der Waals surface area contributed by atoms with Gasteiger partial charge in [-0.3, -0.25) is 0 Å². The third-order valence-electron chi connectivity index (χ3n) is 5.27. The number of H-pyrrole nitrogens is 1. The number of halogens is 1. The molecule has 1 atom stereocenters. The van der Waals surface area contributed by atoms with Crippen LogP contribution in [0.3, 0.4) is 0 Å². The van der Waals surface area contributed by atoms with Crippen molar-refractivity contribution < 1.29 is 8.42 Å². The summed E-state index contributed by atoms with van der Waals surface area (Å²) < 4.78 is 28.6. The fourth-order valence-corrected chi connectivity index (χ4v) is 5.57. The van der Waals surface area contributed by atoms with Crippen molar-refractivity contribution in [3.8, 4) is 22.6 Å². The van der Waals surface area contributed by atoms with Crippen molar-refractivity contribution in [2.75, 3.05) is 0 Å². The van der Waals surface area contributed by atoms with Crippen LogP contribution in [0.15, 0.2) is 90.5 Å². The van der Waals surface area contributed by atoms with Gasteiger partial charge in [0, 0.05) is 22.0 Å². The van der Waals surface area contributed by atoms with E-state index in [-0.39, 0.29) is 0 Å². The average molecular weight is 477 g/mol. The van der Waals surface area contributed by atoms with E-state index >= 15 is 0 Å². The Morgan fingerprint density at radius 3 is 2.30 bits per heavy atom. The summed E-state index contributed by atoms with van der Waals surface area (Å²) in [6.07, 6.45) is 1.45. The summed E-state index contributed by atoms with van der Waals surface area (Å²) in [5.41, 5.74) is 4.43. The van der Waals surface area contributed by atoms with Crippen LogP contribution in [0.1, 0.15) is 10.8 Å². The standard InChI is InChI=1S/C23H17ClN6O2S/c24-15-14-21(16-6-2-1-3-7-16)33(31,32)30-20-9-5-4-8-19(20)22(27-30)17-10-12-18(13-11-17)23-25-28-29-26-23/h1-15,21H,(H,25,26,28,29). The molecule has 2 aromatic heterocycles. The Kier molecular flexibility index (Phi) is 5.49. The van der Waals surface area contributed by atoms with Crippen molar-refractivity contribution in [2.45, 2.75) is 5.25 Å². The first-order valence-electron chi connectivity index (χ1n) is 9.98. The van der Waals surface area contributed by atoms with Gasteiger partial charge in [-0.1, -0.05) is 84.4 Å². The molecule has 3 aromatic carbocycles. The van der Waals surface area contributed by atoms with Gasteiger partial charge in [0.2, 0.25) is 0 Å². The second-order valence-electron chi connectivity index (χ2n) is 7.23. The maximum Gasteiger partial charge on any atom is 0.265 e. The molecule has 0 aliphatic rings. The highest BCUT2D eigenvalue weighted by Gasteiger charge is 2.30. The molecule has 33 heavy (non-hydrogen) atoms. The molecule has 1 N–H and O–H groups in total. The molecular formula is C23H17ClN6O2S. The number of fused-ring (bicyclic) bond motifs is 1. The monoisotopic (exact) mass is 476 g/mol. The maximum atomic E-state index is 13.8. The molecule has 0 bridgehead atoms. The van der Waals surface area contributed by atoms with Gasteiger partial charge in [0.25, 0.3) is 10.0 Å². The molecule has 0 saturated carbocycles. The first kappa shape index (κ1) is 21.0. The molecular weight excluding hydrogens is 460 g/mol. The first-order chi connectivity index (χ1) is 16.1. The minimum absolute atomic E-state index is 0.486. The smallest absolute Gasteiger partial charge is 0.239 e. The van der Waals surface area contributed by atoms with Gasteiger partial charge in [-0.15, -0.1) is 5.10 Å². The molecule has 0 amide bonds. The fraction of sp³-hybridized carbons (Fsp3) is 0.0435. The number of aromatic amines is 1. The fourth-order valence-electron chi connectivity index (χ4n) is 3.71. The van der Waals surface area contributed by atoms with Crippen molar-refractivity contribution >= 4 is 32.5 Å². The van der Waals surface area contributed by atoms with Crippen LogP contribution in [0.5, 0.6) is 0 Å². The lowest BCUT2D eigenvalue weighted by Gasteiger charge is -2.15. The van der Waals surface area contributed by atoms with Crippen LogP contribution in [0.2, 0.25) is 0 Å². The van der Waals surface area contributed by atoms with Gasteiger partial charge in [-0.05, 0) is 28.1 Å². The largest absolute Gasteiger partial charge is 0.265 e. The van der Waals surface area contributed by atoms with Crippen molar-refractivity contribution in [3.63, 3.8) is 0 Å². The molecule has 10 heteroatoms. The van der Waals surface area contributed by atoms with E-state index in [0.717, 1.165) is 20.6 Å². The Bertz CT molecular complexity index is 1530. The second-order valence-corrected chi connectivity index (χ2v) is 9.37. The van der Waals surface area contributed by atoms with Gasteiger partial charge in [-0.2, -0.15) is 9.19 Å². The Morgan fingerprint density at radius 2 is 1.61 bits per heavy atom. The summed E-state index contributed by atoms with van der Waals surface area (Å²) in [4.78, 5) is 0. The first-order valence-corrected chi connectivity index (χ1v) is 11.9. The lowest BCUT2D eigenvalue weighted by Crippen LogP contribution is -2.21. The van der Waals surface area contributed by atoms with Gasteiger partial charge in [-0.25, -0.2) is 13.5 Å². The summed E-state index contributed by atoms with van der Waals surface area (Å²) in [5.74, 6) is 0.540. The lowest BCUT2D eigenvalue weighted by molar-refractivity contribution is 0.576. The molecule has 0 aliphatic heterocycles. The van der Waals surface area contributed by atoms with Crippen LogP contribution in [-0.4, -0.2) is 38.2 Å². The molecule has 5 rings (SSSR count). The highest BCUT2D eigenvalue weighted by atomic mass is 35.5. The van der Waals surface area contributed by atoms with Gasteiger partial charge >= 0.3 is 0 Å². The molecule has 1 unspecified atom stereocenters. The quantitative estimate of drug-likeness (QED) is 0.385. The number of rotatable bonds is 6. The Morgan fingerprint density at radius 1 is 0.909 bits per heavy atom. The van der Waals surface area contributed by atoms with Gasteiger partial charge < -0.3 is 0 Å². The molecule has 0 saturated heterocycles. The van der Waals surface area contributed by atoms with Crippen LogP contribution >= 0.6 is 11.6 Å². The Balaban J connectivity index is 1.65. The van der Waals surface area contributed by atoms with Gasteiger partial charge in [0.05, 0.1) is 5.52 Å². The van der Waals surface area contributed by atoms with Crippen molar-refractivity contribution in [1.29, 1.82) is 0 Å². The summed E-state index contributed by atoms with van der Waals surface area (Å²) in [7, 11) is -3.97. The zero-order valence-electron chi connectivity index (χ0n) is 17.1. The van der Waals surface area contributed by atoms with Crippen LogP contribution in [0.25, 0.3) is 33.5 Å². The third kappa shape index (κ3) is 3.81. The zero-order valence-corrected chi connectivity index (χ0v) is 18.6. The molecule has 5 aromatic rings. The van der Waals surface area contributed by atoms with Crippen molar-refractivity contribution in [3.05, 3.63) is 96.0 Å². The predicted molar refractivity (Wildman–Crippen MR) is 127 cm³/mol. The van der Waals surface area contributed by atoms with E-state index < -0.39 is 15.3 Å². The number of benzene rings is 3. The Hall–Kier alpha value is -3.82. The normalized spacial score (nSPS) is 13.0. The van der Waals surface area contributed by atoms with E-state index in [9.17, 15) is 8.42 Å². The van der Waals surface area contributed by atoms with Crippen LogP contribution in [-0.2, 0) is 10.0 Å². The lowest BCUT2D eigenvalue weighted by atomic mass is 10.1. The van der Waals surface area contributed by atoms with E-state index in [2.05, 4.69) is 25.7 Å². The molecule has 2 heterocycles. The van der Waals surface area contributed by atoms with E-state index in [1.54, 1.807) is 36.4 Å². The summed E-state index contributed by atoms with van der Waals surface area (Å²) in [5, 5.41) is 18.1. The highest BCUT2D eigenvalue weighted by Crippen LogP contribution is 2.33. The maximum absolute atomic E-state index is 13.8. The average Bonchev–Trinajstić information content (AvgIpc) is 3.52. The summed E-state index contributed by atoms with van der Waals surface area (Å²) in [6, 6.07) is 23.6. The molecule has 0 spiro atoms. The third-order valence-corrected chi connectivity index (χ3v) is 7.25. The number of hydrogen-bond donors (Lipinski definition) is 1. The second kappa shape index (κ2) is 8.61. The topological polar surface area (TPSA) is 106 Å². The molecule has 0 fully saturated rings. The molecule has 0 radical (unpaired) electrons. The zero-order chi connectivity index (χ0) is 22.8. The molecule has 0 aliphatic carbocycles. The molecule has 8 nitrogen and oxygen atoms in total. The number of para-hydroxylation sites is 1. The van der Waals surface area contributed by atoms with Crippen LogP contribution < -0.4 is 0 Å². The van der Waals surface area contributed by atoms with Gasteiger partial charge in [0.15, 0.2) is 5.82 Å². The van der Waals surface area contributed by atoms with Crippen molar-refractivity contribution in [2.24, 2.45) is 0 Å². The van der Waals surface area contributed by atoms with E-state index in [4.69, 9.17) is 11.6 Å². The predicted octanol–water partition coefficient (Wildman–Crippen LogP) is 4.56. The SMILES string of the molecule is O=S(=O)(C(C=CCl)c1ccccc1)n1nc(-c2ccc(-c3nnn[nH]3)cc2)c2ccccc21. The van der Waals surface area contributed by atoms with E-state index in [1.807, 2.05) is 42.5 Å². The number of hydrogen-bond acceptors (Lipinski definition) is 6. The van der Waals surface area contributed by atoms with E-state index in [0.29, 0.717) is 22.6 Å². The summed E-state index contributed by atoms with van der Waals surface area (Å²) >= 11 is 5.82. The highest BCUT2D eigenvalue weighted by molar-refractivity contribution is 7.90.